The number of benzene rings is 2. The largest absolute Gasteiger partial charge is 0.399 e. The zero-order valence-electron chi connectivity index (χ0n) is 12.2. The van der Waals surface area contributed by atoms with Gasteiger partial charge in [-0.05, 0) is 61.2 Å². The van der Waals surface area contributed by atoms with Gasteiger partial charge in [0.05, 0.1) is 0 Å². The normalized spacial score (nSPS) is 10.5. The molecule has 0 radical (unpaired) electrons. The second-order valence-corrected chi connectivity index (χ2v) is 5.32. The summed E-state index contributed by atoms with van der Waals surface area (Å²) in [6.45, 7) is 7.35. The highest BCUT2D eigenvalue weighted by atomic mass is 15.1. The van der Waals surface area contributed by atoms with E-state index in [0.29, 0.717) is 0 Å². The lowest BCUT2D eigenvalue weighted by Crippen LogP contribution is -2.17. The molecule has 0 aliphatic rings. The molecule has 0 aromatic heterocycles. The van der Waals surface area contributed by atoms with Crippen LogP contribution < -0.4 is 10.6 Å². The highest BCUT2D eigenvalue weighted by molar-refractivity contribution is 5.57. The predicted octanol–water partition coefficient (Wildman–Crippen LogP) is 3.83. The quantitative estimate of drug-likeness (QED) is 0.843. The smallest absolute Gasteiger partial charge is 0.0427 e. The number of nitrogens with zero attached hydrogens (tertiary/aromatic N) is 1. The van der Waals surface area contributed by atoms with E-state index >= 15 is 0 Å². The molecule has 0 fully saturated rings. The van der Waals surface area contributed by atoms with Gasteiger partial charge in [-0.2, -0.15) is 0 Å². The Kier molecular flexibility index (Phi) is 3.79. The molecular formula is C17H22N2. The fourth-order valence-electron chi connectivity index (χ4n) is 2.41. The minimum Gasteiger partial charge on any atom is -0.399 e. The van der Waals surface area contributed by atoms with Crippen molar-refractivity contribution in [2.75, 3.05) is 17.7 Å². The molecule has 0 heterocycles. The second kappa shape index (κ2) is 5.35. The van der Waals surface area contributed by atoms with Gasteiger partial charge in [-0.25, -0.2) is 0 Å². The first-order chi connectivity index (χ1) is 8.97. The lowest BCUT2D eigenvalue weighted by Gasteiger charge is -2.23. The Bertz CT molecular complexity index is 588. The fraction of sp³-hybridized carbons (Fsp3) is 0.294. The summed E-state index contributed by atoms with van der Waals surface area (Å²) in [6, 6.07) is 12.6. The number of aryl methyl sites for hydroxylation is 3. The van der Waals surface area contributed by atoms with Crippen molar-refractivity contribution in [3.8, 4) is 0 Å². The average molecular weight is 254 g/mol. The van der Waals surface area contributed by atoms with Crippen LogP contribution in [0.5, 0.6) is 0 Å². The summed E-state index contributed by atoms with van der Waals surface area (Å²) in [5.74, 6) is 0. The van der Waals surface area contributed by atoms with Gasteiger partial charge in [-0.15, -0.1) is 0 Å². The number of nitrogen functional groups attached to an aromatic ring is 1. The van der Waals surface area contributed by atoms with Crippen LogP contribution in [0.3, 0.4) is 0 Å². The van der Waals surface area contributed by atoms with Crippen LogP contribution in [-0.4, -0.2) is 7.05 Å². The monoisotopic (exact) mass is 254 g/mol. The van der Waals surface area contributed by atoms with Crippen LogP contribution in [0.15, 0.2) is 36.4 Å². The molecule has 2 nitrogen and oxygen atoms in total. The molecule has 0 spiro atoms. The highest BCUT2D eigenvalue weighted by Crippen LogP contribution is 2.24. The Labute approximate surface area is 115 Å². The van der Waals surface area contributed by atoms with E-state index in [1.54, 1.807) is 0 Å². The maximum Gasteiger partial charge on any atom is 0.0427 e. The molecule has 2 rings (SSSR count). The standard InChI is InChI=1S/C17H22N2/c1-12-8-14(3)17(9-13(12)2)19(4)11-15-6-5-7-16(18)10-15/h5-10H,11,18H2,1-4H3. The highest BCUT2D eigenvalue weighted by Gasteiger charge is 2.07. The van der Waals surface area contributed by atoms with Crippen LogP contribution in [0.4, 0.5) is 11.4 Å². The van der Waals surface area contributed by atoms with Gasteiger partial charge < -0.3 is 10.6 Å². The van der Waals surface area contributed by atoms with Gasteiger partial charge in [0.15, 0.2) is 0 Å². The van der Waals surface area contributed by atoms with E-state index in [1.807, 2.05) is 18.2 Å². The molecule has 2 aromatic rings. The van der Waals surface area contributed by atoms with Gasteiger partial charge >= 0.3 is 0 Å². The van der Waals surface area contributed by atoms with E-state index < -0.39 is 0 Å². The van der Waals surface area contributed by atoms with E-state index in [0.717, 1.165) is 12.2 Å². The van der Waals surface area contributed by atoms with Crippen LogP contribution in [0, 0.1) is 20.8 Å². The van der Waals surface area contributed by atoms with Crippen molar-refractivity contribution >= 4 is 11.4 Å². The lowest BCUT2D eigenvalue weighted by atomic mass is 10.0. The molecule has 0 aliphatic heterocycles. The van der Waals surface area contributed by atoms with Gasteiger partial charge in [-0.3, -0.25) is 0 Å². The van der Waals surface area contributed by atoms with Gasteiger partial charge in [-0.1, -0.05) is 18.2 Å². The van der Waals surface area contributed by atoms with Crippen molar-refractivity contribution in [2.45, 2.75) is 27.3 Å². The molecule has 0 aliphatic carbocycles. The summed E-state index contributed by atoms with van der Waals surface area (Å²) in [5, 5.41) is 0. The van der Waals surface area contributed by atoms with Gasteiger partial charge in [0.25, 0.3) is 0 Å². The number of hydrogen-bond donors (Lipinski definition) is 1. The SMILES string of the molecule is Cc1cc(C)c(N(C)Cc2cccc(N)c2)cc1C. The van der Waals surface area contributed by atoms with Crippen molar-refractivity contribution in [1.29, 1.82) is 0 Å². The Morgan fingerprint density at radius 1 is 0.947 bits per heavy atom. The maximum absolute atomic E-state index is 5.83. The van der Waals surface area contributed by atoms with E-state index in [9.17, 15) is 0 Å². The van der Waals surface area contributed by atoms with Crippen molar-refractivity contribution in [2.24, 2.45) is 0 Å². The molecule has 0 unspecified atom stereocenters. The van der Waals surface area contributed by atoms with Crippen LogP contribution in [-0.2, 0) is 6.54 Å². The first kappa shape index (κ1) is 13.5. The molecule has 19 heavy (non-hydrogen) atoms. The summed E-state index contributed by atoms with van der Waals surface area (Å²) in [6.07, 6.45) is 0. The first-order valence-corrected chi connectivity index (χ1v) is 6.61. The molecule has 0 bridgehead atoms. The minimum atomic E-state index is 0.822. The van der Waals surface area contributed by atoms with Crippen LogP contribution in [0.25, 0.3) is 0 Å². The Balaban J connectivity index is 2.25. The number of nitrogens with two attached hydrogens (primary N) is 1. The Morgan fingerprint density at radius 3 is 2.32 bits per heavy atom. The summed E-state index contributed by atoms with van der Waals surface area (Å²) < 4.78 is 0. The van der Waals surface area contributed by atoms with Crippen molar-refractivity contribution in [3.05, 3.63) is 58.7 Å². The van der Waals surface area contributed by atoms with Crippen LogP contribution >= 0.6 is 0 Å². The Hall–Kier alpha value is -1.96. The van der Waals surface area contributed by atoms with Crippen LogP contribution in [0.2, 0.25) is 0 Å². The molecule has 2 heteroatoms. The third-order valence-corrected chi connectivity index (χ3v) is 3.59. The molecule has 0 amide bonds. The maximum atomic E-state index is 5.83. The van der Waals surface area contributed by atoms with E-state index in [2.05, 4.69) is 50.9 Å². The molecule has 2 aromatic carbocycles. The zero-order chi connectivity index (χ0) is 14.0. The average Bonchev–Trinajstić information content (AvgIpc) is 2.33. The van der Waals surface area contributed by atoms with Gasteiger partial charge in [0.2, 0.25) is 0 Å². The van der Waals surface area contributed by atoms with E-state index in [4.69, 9.17) is 5.73 Å². The number of hydrogen-bond acceptors (Lipinski definition) is 2. The van der Waals surface area contributed by atoms with Crippen molar-refractivity contribution in [3.63, 3.8) is 0 Å². The van der Waals surface area contributed by atoms with Crippen LogP contribution in [0.1, 0.15) is 22.3 Å². The third-order valence-electron chi connectivity index (χ3n) is 3.59. The molecule has 2 N–H and O–H groups in total. The number of anilines is 2. The van der Waals surface area contributed by atoms with E-state index in [-0.39, 0.29) is 0 Å². The summed E-state index contributed by atoms with van der Waals surface area (Å²) in [7, 11) is 2.13. The predicted molar refractivity (Wildman–Crippen MR) is 83.6 cm³/mol. The number of rotatable bonds is 3. The topological polar surface area (TPSA) is 29.3 Å². The van der Waals surface area contributed by atoms with Crippen molar-refractivity contribution in [1.82, 2.24) is 0 Å². The second-order valence-electron chi connectivity index (χ2n) is 5.32. The van der Waals surface area contributed by atoms with Crippen molar-refractivity contribution < 1.29 is 0 Å². The molecule has 100 valence electrons. The zero-order valence-corrected chi connectivity index (χ0v) is 12.2. The molecule has 0 saturated carbocycles. The molecule has 0 saturated heterocycles. The molecule has 0 atom stereocenters. The first-order valence-electron chi connectivity index (χ1n) is 6.61. The van der Waals surface area contributed by atoms with E-state index in [1.165, 1.54) is 27.9 Å². The molecular weight excluding hydrogens is 232 g/mol. The Morgan fingerprint density at radius 2 is 1.63 bits per heavy atom. The summed E-state index contributed by atoms with van der Waals surface area (Å²) in [5.41, 5.74) is 13.2. The summed E-state index contributed by atoms with van der Waals surface area (Å²) in [4.78, 5) is 2.27. The lowest BCUT2D eigenvalue weighted by molar-refractivity contribution is 0.915. The fourth-order valence-corrected chi connectivity index (χ4v) is 2.41. The van der Waals surface area contributed by atoms with Gasteiger partial charge in [0, 0.05) is 25.0 Å². The third kappa shape index (κ3) is 3.08. The van der Waals surface area contributed by atoms with Gasteiger partial charge in [0.1, 0.15) is 0 Å². The minimum absolute atomic E-state index is 0.822. The summed E-state index contributed by atoms with van der Waals surface area (Å²) >= 11 is 0.